The van der Waals surface area contributed by atoms with E-state index in [0.29, 0.717) is 26.4 Å². The topological polar surface area (TPSA) is 73.2 Å². The highest BCUT2D eigenvalue weighted by atomic mass is 35.5. The van der Waals surface area contributed by atoms with E-state index in [1.54, 1.807) is 18.2 Å². The van der Waals surface area contributed by atoms with Gasteiger partial charge in [0.05, 0.1) is 17.1 Å². The second kappa shape index (κ2) is 7.86. The van der Waals surface area contributed by atoms with Crippen LogP contribution in [0.3, 0.4) is 0 Å². The van der Waals surface area contributed by atoms with Crippen molar-refractivity contribution in [2.45, 2.75) is 0 Å². The average Bonchev–Trinajstić information content (AvgIpc) is 3.34. The number of hydrogen-bond donors (Lipinski definition) is 1. The molecule has 1 fully saturated rings. The van der Waals surface area contributed by atoms with Crippen molar-refractivity contribution in [1.82, 2.24) is 10.2 Å². The Morgan fingerprint density at radius 2 is 1.97 bits per heavy atom. The lowest BCUT2D eigenvalue weighted by Gasteiger charge is -2.11. The predicted octanol–water partition coefficient (Wildman–Crippen LogP) is 4.41. The molecule has 2 heterocycles. The fourth-order valence-corrected chi connectivity index (χ4v) is 4.51. The number of amides is 2. The second-order valence-corrected chi connectivity index (χ2v) is 8.07. The van der Waals surface area contributed by atoms with Gasteiger partial charge in [0.25, 0.3) is 5.91 Å². The van der Waals surface area contributed by atoms with E-state index >= 15 is 0 Å². The lowest BCUT2D eigenvalue weighted by atomic mass is 10.00. The van der Waals surface area contributed by atoms with E-state index in [9.17, 15) is 18.4 Å². The third-order valence-corrected chi connectivity index (χ3v) is 5.94. The number of halogens is 3. The first-order valence-electron chi connectivity index (χ1n) is 8.72. The fourth-order valence-electron chi connectivity index (χ4n) is 3.16. The smallest absolute Gasteiger partial charge is 0.265 e. The summed E-state index contributed by atoms with van der Waals surface area (Å²) in [6.07, 6.45) is 0. The summed E-state index contributed by atoms with van der Waals surface area (Å²) in [6.45, 7) is 0.0451. The molecule has 30 heavy (non-hydrogen) atoms. The van der Waals surface area contributed by atoms with E-state index in [1.807, 2.05) is 0 Å². The van der Waals surface area contributed by atoms with Crippen molar-refractivity contribution in [3.05, 3.63) is 69.6 Å². The molecule has 1 N–H and O–H groups in total. The first kappa shape index (κ1) is 20.0. The van der Waals surface area contributed by atoms with Crippen molar-refractivity contribution in [1.29, 1.82) is 5.26 Å². The van der Waals surface area contributed by atoms with Gasteiger partial charge in [0, 0.05) is 15.5 Å². The quantitative estimate of drug-likeness (QED) is 0.651. The SMILES string of the molecule is N#Cc1cc(-c2cc(C(=O)N3CNC(=O)C3)sc2-c2cc(F)cc(Cl)c2)ccc1F. The third kappa shape index (κ3) is 3.77. The summed E-state index contributed by atoms with van der Waals surface area (Å²) >= 11 is 7.11. The third-order valence-electron chi connectivity index (χ3n) is 4.55. The first-order valence-corrected chi connectivity index (χ1v) is 9.91. The minimum Gasteiger partial charge on any atom is -0.337 e. The van der Waals surface area contributed by atoms with E-state index in [-0.39, 0.29) is 35.6 Å². The Hall–Kier alpha value is -3.28. The van der Waals surface area contributed by atoms with Crippen LogP contribution in [0.15, 0.2) is 42.5 Å². The second-order valence-electron chi connectivity index (χ2n) is 6.58. The first-order chi connectivity index (χ1) is 14.4. The van der Waals surface area contributed by atoms with Gasteiger partial charge in [-0.15, -0.1) is 11.3 Å². The molecule has 0 aliphatic carbocycles. The molecule has 1 saturated heterocycles. The molecule has 1 aliphatic heterocycles. The molecule has 0 radical (unpaired) electrons. The van der Waals surface area contributed by atoms with Crippen LogP contribution < -0.4 is 5.32 Å². The van der Waals surface area contributed by atoms with Gasteiger partial charge in [-0.2, -0.15) is 5.26 Å². The Balaban J connectivity index is 1.87. The number of hydrogen-bond acceptors (Lipinski definition) is 4. The number of benzene rings is 2. The molecule has 0 spiro atoms. The normalized spacial score (nSPS) is 13.3. The molecule has 1 aromatic heterocycles. The van der Waals surface area contributed by atoms with Crippen molar-refractivity contribution in [3.63, 3.8) is 0 Å². The summed E-state index contributed by atoms with van der Waals surface area (Å²) in [5.74, 6) is -1.83. The van der Waals surface area contributed by atoms with Crippen LogP contribution in [0.5, 0.6) is 0 Å². The zero-order valence-electron chi connectivity index (χ0n) is 15.2. The van der Waals surface area contributed by atoms with Gasteiger partial charge in [-0.25, -0.2) is 8.78 Å². The highest BCUT2D eigenvalue weighted by Crippen LogP contribution is 2.41. The van der Waals surface area contributed by atoms with Crippen molar-refractivity contribution in [2.24, 2.45) is 0 Å². The maximum absolute atomic E-state index is 14.0. The van der Waals surface area contributed by atoms with Gasteiger partial charge in [0.2, 0.25) is 5.91 Å². The summed E-state index contributed by atoms with van der Waals surface area (Å²) in [7, 11) is 0. The van der Waals surface area contributed by atoms with Crippen molar-refractivity contribution < 1.29 is 18.4 Å². The van der Waals surface area contributed by atoms with Gasteiger partial charge in [0.15, 0.2) is 0 Å². The molecular weight excluding hydrogens is 432 g/mol. The van der Waals surface area contributed by atoms with Crippen molar-refractivity contribution >= 4 is 34.8 Å². The maximum atomic E-state index is 14.0. The van der Waals surface area contributed by atoms with Crippen LogP contribution in [-0.4, -0.2) is 29.9 Å². The summed E-state index contributed by atoms with van der Waals surface area (Å²) in [5.41, 5.74) is 1.32. The molecule has 2 aromatic carbocycles. The van der Waals surface area contributed by atoms with Crippen LogP contribution in [0.2, 0.25) is 5.02 Å². The van der Waals surface area contributed by atoms with Crippen molar-refractivity contribution in [2.75, 3.05) is 13.2 Å². The molecule has 1 aliphatic rings. The Labute approximate surface area is 179 Å². The molecule has 0 saturated carbocycles. The van der Waals surface area contributed by atoms with Gasteiger partial charge in [0.1, 0.15) is 24.2 Å². The zero-order valence-corrected chi connectivity index (χ0v) is 16.8. The monoisotopic (exact) mass is 443 g/mol. The van der Waals surface area contributed by atoms with Crippen LogP contribution in [0.4, 0.5) is 8.78 Å². The number of thiophene rings is 1. The number of rotatable bonds is 3. The largest absolute Gasteiger partial charge is 0.337 e. The van der Waals surface area contributed by atoms with Crippen LogP contribution in [0.1, 0.15) is 15.2 Å². The minimum atomic E-state index is -0.662. The Kier molecular flexibility index (Phi) is 5.24. The van der Waals surface area contributed by atoms with E-state index < -0.39 is 11.6 Å². The van der Waals surface area contributed by atoms with Gasteiger partial charge < -0.3 is 10.2 Å². The predicted molar refractivity (Wildman–Crippen MR) is 109 cm³/mol. The summed E-state index contributed by atoms with van der Waals surface area (Å²) in [4.78, 5) is 26.5. The molecule has 5 nitrogen and oxygen atoms in total. The van der Waals surface area contributed by atoms with Crippen molar-refractivity contribution in [3.8, 4) is 27.6 Å². The van der Waals surface area contributed by atoms with Gasteiger partial charge in [-0.1, -0.05) is 17.7 Å². The van der Waals surface area contributed by atoms with E-state index in [1.165, 1.54) is 29.2 Å². The lowest BCUT2D eigenvalue weighted by Crippen LogP contribution is -2.28. The number of carbonyl (C=O) groups excluding carboxylic acids is 2. The Bertz CT molecular complexity index is 1220. The van der Waals surface area contributed by atoms with E-state index in [4.69, 9.17) is 16.9 Å². The number of carbonyl (C=O) groups is 2. The molecular formula is C21H12ClF2N3O2S. The van der Waals surface area contributed by atoms with Crippen LogP contribution in [-0.2, 0) is 4.79 Å². The number of nitrogens with zero attached hydrogens (tertiary/aromatic N) is 2. The molecule has 4 rings (SSSR count). The van der Waals surface area contributed by atoms with Crippen LogP contribution >= 0.6 is 22.9 Å². The van der Waals surface area contributed by atoms with E-state index in [0.717, 1.165) is 17.4 Å². The summed E-state index contributed by atoms with van der Waals surface area (Å²) in [5, 5.41) is 11.9. The molecule has 3 aromatic rings. The van der Waals surface area contributed by atoms with Gasteiger partial charge >= 0.3 is 0 Å². The molecule has 2 amide bonds. The highest BCUT2D eigenvalue weighted by molar-refractivity contribution is 7.18. The Morgan fingerprint density at radius 3 is 2.63 bits per heavy atom. The molecule has 0 atom stereocenters. The zero-order chi connectivity index (χ0) is 21.4. The molecule has 150 valence electrons. The number of nitriles is 1. The van der Waals surface area contributed by atoms with Crippen LogP contribution in [0.25, 0.3) is 21.6 Å². The van der Waals surface area contributed by atoms with Gasteiger partial charge in [-0.05, 0) is 47.5 Å². The Morgan fingerprint density at radius 1 is 1.17 bits per heavy atom. The maximum Gasteiger partial charge on any atom is 0.265 e. The standard InChI is InChI=1S/C21H12ClF2N3O2S/c22-14-4-12(5-15(23)6-14)20-16(11-1-2-17(24)13(3-11)8-25)7-18(30-20)21(29)27-9-19(28)26-10-27/h1-7H,9-10H2,(H,26,28). The van der Waals surface area contributed by atoms with Crippen LogP contribution in [0, 0.1) is 23.0 Å². The average molecular weight is 444 g/mol. The molecule has 0 bridgehead atoms. The molecule has 9 heteroatoms. The highest BCUT2D eigenvalue weighted by Gasteiger charge is 2.27. The fraction of sp³-hybridized carbons (Fsp3) is 0.0952. The van der Waals surface area contributed by atoms with E-state index in [2.05, 4.69) is 5.32 Å². The lowest BCUT2D eigenvalue weighted by molar-refractivity contribution is -0.118. The van der Waals surface area contributed by atoms with Gasteiger partial charge in [-0.3, -0.25) is 9.59 Å². The minimum absolute atomic E-state index is 0.0533. The number of nitrogens with one attached hydrogen (secondary N) is 1. The summed E-state index contributed by atoms with van der Waals surface area (Å²) in [6, 6.07) is 11.4. The molecule has 0 unspecified atom stereocenters. The summed E-state index contributed by atoms with van der Waals surface area (Å²) < 4.78 is 27.8.